The Labute approximate surface area is 96.3 Å². The molecule has 0 radical (unpaired) electrons. The van der Waals surface area contributed by atoms with Crippen LogP contribution in [0.1, 0.15) is 39.5 Å². The molecular weight excluding hydrogens is 208 g/mol. The highest BCUT2D eigenvalue weighted by molar-refractivity contribution is 5.67. The second kappa shape index (κ2) is 5.64. The molecule has 0 aliphatic heterocycles. The molecule has 1 aliphatic rings. The summed E-state index contributed by atoms with van der Waals surface area (Å²) < 4.78 is 0. The molecule has 4 nitrogen and oxygen atoms in total. The van der Waals surface area contributed by atoms with Crippen LogP contribution in [-0.4, -0.2) is 33.5 Å². The Bertz CT molecular complexity index is 221. The van der Waals surface area contributed by atoms with E-state index in [1.54, 1.807) is 13.8 Å². The Hall–Kier alpha value is -0.610. The smallest absolute Gasteiger partial charge is 0.303 e. The third-order valence-electron chi connectivity index (χ3n) is 3.82. The van der Waals surface area contributed by atoms with Crippen molar-refractivity contribution < 1.29 is 20.1 Å². The maximum Gasteiger partial charge on any atom is 0.303 e. The van der Waals surface area contributed by atoms with Gasteiger partial charge in [-0.05, 0) is 44.4 Å². The predicted molar refractivity (Wildman–Crippen MR) is 59.9 cm³/mol. The molecule has 0 bridgehead atoms. The van der Waals surface area contributed by atoms with Gasteiger partial charge in [0.1, 0.15) is 0 Å². The summed E-state index contributed by atoms with van der Waals surface area (Å²) in [5, 5.41) is 28.3. The second-order valence-electron chi connectivity index (χ2n) is 5.00. The van der Waals surface area contributed by atoms with Crippen molar-refractivity contribution in [2.24, 2.45) is 17.8 Å². The van der Waals surface area contributed by atoms with Crippen LogP contribution in [0.25, 0.3) is 0 Å². The summed E-state index contributed by atoms with van der Waals surface area (Å²) in [6, 6.07) is 0. The van der Waals surface area contributed by atoms with Gasteiger partial charge in [-0.1, -0.05) is 6.42 Å². The number of aliphatic hydroxyl groups excluding tert-OH is 2. The zero-order valence-corrected chi connectivity index (χ0v) is 9.97. The number of aliphatic carboxylic acids is 1. The minimum Gasteiger partial charge on any atom is -0.481 e. The first kappa shape index (κ1) is 13.5. The van der Waals surface area contributed by atoms with Gasteiger partial charge in [0.15, 0.2) is 0 Å². The van der Waals surface area contributed by atoms with Gasteiger partial charge in [-0.15, -0.1) is 0 Å². The van der Waals surface area contributed by atoms with Gasteiger partial charge in [-0.2, -0.15) is 0 Å². The molecule has 0 aromatic rings. The van der Waals surface area contributed by atoms with Crippen molar-refractivity contribution >= 4 is 5.97 Å². The van der Waals surface area contributed by atoms with E-state index >= 15 is 0 Å². The van der Waals surface area contributed by atoms with Crippen molar-refractivity contribution in [1.82, 2.24) is 0 Å². The highest BCUT2D eigenvalue weighted by Crippen LogP contribution is 2.40. The zero-order chi connectivity index (χ0) is 12.3. The van der Waals surface area contributed by atoms with Gasteiger partial charge in [0.05, 0.1) is 12.2 Å². The van der Waals surface area contributed by atoms with E-state index in [0.717, 1.165) is 19.3 Å². The lowest BCUT2D eigenvalue weighted by Gasteiger charge is -2.40. The Morgan fingerprint density at radius 2 is 1.62 bits per heavy atom. The van der Waals surface area contributed by atoms with Gasteiger partial charge in [0.25, 0.3) is 0 Å². The molecular formula is C12H22O4. The first-order chi connectivity index (χ1) is 7.43. The summed E-state index contributed by atoms with van der Waals surface area (Å²) in [4.78, 5) is 10.8. The average Bonchev–Trinajstić information content (AvgIpc) is 2.16. The fraction of sp³-hybridized carbons (Fsp3) is 0.917. The van der Waals surface area contributed by atoms with Crippen molar-refractivity contribution in [1.29, 1.82) is 0 Å². The number of rotatable bonds is 4. The molecule has 0 aromatic carbocycles. The van der Waals surface area contributed by atoms with E-state index in [9.17, 15) is 15.0 Å². The summed E-state index contributed by atoms with van der Waals surface area (Å²) >= 11 is 0. The van der Waals surface area contributed by atoms with E-state index in [2.05, 4.69) is 0 Å². The molecule has 16 heavy (non-hydrogen) atoms. The fourth-order valence-corrected chi connectivity index (χ4v) is 3.04. The number of carbonyl (C=O) groups is 1. The summed E-state index contributed by atoms with van der Waals surface area (Å²) in [6.45, 7) is 3.42. The van der Waals surface area contributed by atoms with Crippen molar-refractivity contribution in [3.8, 4) is 0 Å². The molecule has 0 aromatic heterocycles. The van der Waals surface area contributed by atoms with Crippen LogP contribution in [0.3, 0.4) is 0 Å². The van der Waals surface area contributed by atoms with E-state index in [0.29, 0.717) is 0 Å². The zero-order valence-electron chi connectivity index (χ0n) is 9.97. The molecule has 1 fully saturated rings. The summed E-state index contributed by atoms with van der Waals surface area (Å²) in [5.74, 6) is -0.941. The number of hydrogen-bond acceptors (Lipinski definition) is 3. The standard InChI is InChI=1S/C12H22O4/c1-7(13)9-4-3-5-10(8(2)14)11(9)6-12(15)16/h7-11,13-14H,3-6H2,1-2H3,(H,15,16). The second-order valence-corrected chi connectivity index (χ2v) is 5.00. The van der Waals surface area contributed by atoms with Crippen molar-refractivity contribution in [2.75, 3.05) is 0 Å². The van der Waals surface area contributed by atoms with Gasteiger partial charge in [-0.3, -0.25) is 4.79 Å². The molecule has 0 heterocycles. The first-order valence-electron chi connectivity index (χ1n) is 6.01. The van der Waals surface area contributed by atoms with Gasteiger partial charge in [0, 0.05) is 6.42 Å². The number of aliphatic hydroxyl groups is 2. The van der Waals surface area contributed by atoms with Gasteiger partial charge in [-0.25, -0.2) is 0 Å². The van der Waals surface area contributed by atoms with Gasteiger partial charge >= 0.3 is 5.97 Å². The molecule has 1 rings (SSSR count). The molecule has 4 atom stereocenters. The Morgan fingerprint density at radius 3 is 1.94 bits per heavy atom. The monoisotopic (exact) mass is 230 g/mol. The number of carboxylic acid groups (broad SMARTS) is 1. The minimum absolute atomic E-state index is 0.00412. The topological polar surface area (TPSA) is 77.8 Å². The van der Waals surface area contributed by atoms with Crippen molar-refractivity contribution in [3.63, 3.8) is 0 Å². The largest absolute Gasteiger partial charge is 0.481 e. The molecule has 0 saturated heterocycles. The molecule has 0 amide bonds. The van der Waals surface area contributed by atoms with Crippen LogP contribution in [0.15, 0.2) is 0 Å². The van der Waals surface area contributed by atoms with Crippen molar-refractivity contribution in [3.05, 3.63) is 0 Å². The van der Waals surface area contributed by atoms with Crippen LogP contribution in [0.4, 0.5) is 0 Å². The van der Waals surface area contributed by atoms with Gasteiger partial charge < -0.3 is 15.3 Å². The van der Waals surface area contributed by atoms with Gasteiger partial charge in [0.2, 0.25) is 0 Å². The lowest BCUT2D eigenvalue weighted by Crippen LogP contribution is -2.40. The highest BCUT2D eigenvalue weighted by atomic mass is 16.4. The summed E-state index contributed by atoms with van der Waals surface area (Å²) in [7, 11) is 0. The fourth-order valence-electron chi connectivity index (χ4n) is 3.04. The molecule has 3 N–H and O–H groups in total. The summed E-state index contributed by atoms with van der Waals surface area (Å²) in [5.41, 5.74) is 0. The van der Waals surface area contributed by atoms with Crippen molar-refractivity contribution in [2.45, 2.75) is 51.7 Å². The molecule has 4 unspecified atom stereocenters. The first-order valence-corrected chi connectivity index (χ1v) is 6.01. The maximum atomic E-state index is 10.8. The number of hydrogen-bond donors (Lipinski definition) is 3. The van der Waals surface area contributed by atoms with Crippen LogP contribution in [0, 0.1) is 17.8 Å². The molecule has 1 saturated carbocycles. The molecule has 0 spiro atoms. The van der Waals surface area contributed by atoms with E-state index in [-0.39, 0.29) is 24.2 Å². The highest BCUT2D eigenvalue weighted by Gasteiger charge is 2.38. The molecule has 4 heteroatoms. The van der Waals surface area contributed by atoms with E-state index in [1.165, 1.54) is 0 Å². The summed E-state index contributed by atoms with van der Waals surface area (Å²) in [6.07, 6.45) is 1.74. The maximum absolute atomic E-state index is 10.8. The number of carboxylic acids is 1. The SMILES string of the molecule is CC(O)C1CCCC(C(C)O)C1CC(=O)O. The predicted octanol–water partition coefficient (Wildman–Crippen LogP) is 1.26. The van der Waals surface area contributed by atoms with Crippen LogP contribution < -0.4 is 0 Å². The van der Waals surface area contributed by atoms with Crippen LogP contribution >= 0.6 is 0 Å². The Morgan fingerprint density at radius 1 is 1.19 bits per heavy atom. The lowest BCUT2D eigenvalue weighted by molar-refractivity contribution is -0.141. The van der Waals surface area contributed by atoms with Crippen LogP contribution in [0.5, 0.6) is 0 Å². The molecule has 1 aliphatic carbocycles. The Balaban J connectivity index is 2.80. The van der Waals surface area contributed by atoms with E-state index < -0.39 is 18.2 Å². The van der Waals surface area contributed by atoms with Crippen LogP contribution in [-0.2, 0) is 4.79 Å². The Kier molecular flexibility index (Phi) is 4.74. The van der Waals surface area contributed by atoms with E-state index in [1.807, 2.05) is 0 Å². The minimum atomic E-state index is -0.844. The van der Waals surface area contributed by atoms with E-state index in [4.69, 9.17) is 5.11 Å². The normalized spacial score (nSPS) is 34.4. The lowest BCUT2D eigenvalue weighted by atomic mass is 9.67. The molecule has 94 valence electrons. The average molecular weight is 230 g/mol. The third-order valence-corrected chi connectivity index (χ3v) is 3.82. The quantitative estimate of drug-likeness (QED) is 0.679. The van der Waals surface area contributed by atoms with Crippen LogP contribution in [0.2, 0.25) is 0 Å². The third kappa shape index (κ3) is 3.19.